The van der Waals surface area contributed by atoms with Gasteiger partial charge in [0.15, 0.2) is 0 Å². The van der Waals surface area contributed by atoms with Crippen LogP contribution in [0, 0.1) is 5.41 Å². The molecule has 2 saturated heterocycles. The van der Waals surface area contributed by atoms with E-state index in [1.807, 2.05) is 0 Å². The van der Waals surface area contributed by atoms with Gasteiger partial charge in [-0.3, -0.25) is 0 Å². The molecule has 192 valence electrons. The number of para-hydroxylation sites is 1. The molecule has 2 aromatic rings. The van der Waals surface area contributed by atoms with Crippen molar-refractivity contribution in [3.05, 3.63) is 77.4 Å². The summed E-state index contributed by atoms with van der Waals surface area (Å²) in [5.74, 6) is 2.28. The first-order valence-electron chi connectivity index (χ1n) is 13.3. The van der Waals surface area contributed by atoms with Gasteiger partial charge < -0.3 is 18.9 Å². The fourth-order valence-electron chi connectivity index (χ4n) is 5.45. The summed E-state index contributed by atoms with van der Waals surface area (Å²) in [5.41, 5.74) is 5.20. The Morgan fingerprint density at radius 2 is 1.53 bits per heavy atom. The molecule has 36 heavy (non-hydrogen) atoms. The molecule has 3 aliphatic rings. The number of allylic oxidation sites excluding steroid dienone is 4. The molecule has 4 heteroatoms. The fraction of sp³-hybridized carbons (Fsp3) is 0.500. The minimum Gasteiger partial charge on any atom is -0.491 e. The van der Waals surface area contributed by atoms with Crippen molar-refractivity contribution in [2.24, 2.45) is 5.41 Å². The van der Waals surface area contributed by atoms with Crippen LogP contribution in [0.5, 0.6) is 11.5 Å². The Morgan fingerprint density at radius 1 is 0.861 bits per heavy atom. The second-order valence-electron chi connectivity index (χ2n) is 12.3. The van der Waals surface area contributed by atoms with Gasteiger partial charge in [0, 0.05) is 17.0 Å². The van der Waals surface area contributed by atoms with Gasteiger partial charge >= 0.3 is 0 Å². The van der Waals surface area contributed by atoms with Crippen LogP contribution in [0.3, 0.4) is 0 Å². The Labute approximate surface area is 216 Å². The number of benzene rings is 2. The first-order valence-corrected chi connectivity index (χ1v) is 13.3. The number of hydrogen-bond donors (Lipinski definition) is 0. The summed E-state index contributed by atoms with van der Waals surface area (Å²) in [5, 5.41) is 0. The van der Waals surface area contributed by atoms with Gasteiger partial charge in [0.25, 0.3) is 0 Å². The van der Waals surface area contributed by atoms with Crippen LogP contribution in [-0.4, -0.2) is 38.6 Å². The topological polar surface area (TPSA) is 43.5 Å². The van der Waals surface area contributed by atoms with Gasteiger partial charge in [-0.25, -0.2) is 0 Å². The fourth-order valence-corrected chi connectivity index (χ4v) is 5.45. The third-order valence-corrected chi connectivity index (χ3v) is 7.09. The van der Waals surface area contributed by atoms with Crippen LogP contribution < -0.4 is 9.47 Å². The lowest BCUT2D eigenvalue weighted by molar-refractivity contribution is 0.245. The molecule has 0 amide bonds. The molecule has 1 aliphatic carbocycles. The van der Waals surface area contributed by atoms with Crippen LogP contribution >= 0.6 is 0 Å². The first kappa shape index (κ1) is 25.1. The maximum Gasteiger partial charge on any atom is 0.130 e. The Balaban J connectivity index is 1.34. The monoisotopic (exact) mass is 488 g/mol. The molecular formula is C32H40O4. The molecular weight excluding hydrogens is 448 g/mol. The van der Waals surface area contributed by atoms with E-state index < -0.39 is 0 Å². The van der Waals surface area contributed by atoms with Crippen LogP contribution in [0.25, 0.3) is 5.57 Å². The minimum atomic E-state index is -0.00900. The molecule has 3 atom stereocenters. The Kier molecular flexibility index (Phi) is 7.02. The summed E-state index contributed by atoms with van der Waals surface area (Å²) >= 11 is 0. The van der Waals surface area contributed by atoms with Crippen molar-refractivity contribution < 1.29 is 18.9 Å². The van der Waals surface area contributed by atoms with Gasteiger partial charge in [-0.05, 0) is 46.9 Å². The van der Waals surface area contributed by atoms with Crippen LogP contribution in [0.4, 0.5) is 0 Å². The molecule has 0 N–H and O–H groups in total. The van der Waals surface area contributed by atoms with E-state index in [0.29, 0.717) is 19.1 Å². The lowest BCUT2D eigenvalue weighted by Gasteiger charge is -2.35. The quantitative estimate of drug-likeness (QED) is 0.335. The number of epoxide rings is 2. The minimum absolute atomic E-state index is 0.00900. The molecule has 3 unspecified atom stereocenters. The molecule has 2 fully saturated rings. The van der Waals surface area contributed by atoms with Gasteiger partial charge in [0.05, 0.1) is 13.2 Å². The standard InChI is InChI=1S/C32H40O4/c1-31(2,3)21-32(4,5)29-8-6-7-28(30(29)36-20-27-19-35-27)24-11-9-22(10-12-24)23-13-15-25(16-14-23)33-17-26-18-34-26/h6-9,11-16,22,26-27H,10,17-21H2,1-5H3. The van der Waals surface area contributed by atoms with Crippen molar-refractivity contribution in [1.29, 1.82) is 0 Å². The van der Waals surface area contributed by atoms with E-state index in [2.05, 4.69) is 95.3 Å². The van der Waals surface area contributed by atoms with Gasteiger partial charge in [0.1, 0.15) is 36.9 Å². The molecule has 0 aromatic heterocycles. The molecule has 5 rings (SSSR count). The first-order chi connectivity index (χ1) is 17.2. The maximum absolute atomic E-state index is 6.49. The van der Waals surface area contributed by atoms with Crippen molar-refractivity contribution in [1.82, 2.24) is 0 Å². The molecule has 2 aliphatic heterocycles. The van der Waals surface area contributed by atoms with E-state index in [-0.39, 0.29) is 23.0 Å². The smallest absolute Gasteiger partial charge is 0.130 e. The van der Waals surface area contributed by atoms with Gasteiger partial charge in [-0.2, -0.15) is 0 Å². The second-order valence-corrected chi connectivity index (χ2v) is 12.3. The number of hydrogen-bond acceptors (Lipinski definition) is 4. The summed E-state index contributed by atoms with van der Waals surface area (Å²) in [6.07, 6.45) is 9.48. The van der Waals surface area contributed by atoms with E-state index in [9.17, 15) is 0 Å². The van der Waals surface area contributed by atoms with Gasteiger partial charge in [-0.1, -0.05) is 83.2 Å². The summed E-state index contributed by atoms with van der Waals surface area (Å²) < 4.78 is 23.0. The maximum atomic E-state index is 6.49. The van der Waals surface area contributed by atoms with Crippen LogP contribution in [0.1, 0.15) is 70.1 Å². The summed E-state index contributed by atoms with van der Waals surface area (Å²) in [6, 6.07) is 15.1. The highest BCUT2D eigenvalue weighted by molar-refractivity contribution is 5.80. The van der Waals surface area contributed by atoms with E-state index in [1.165, 1.54) is 22.3 Å². The zero-order chi connectivity index (χ0) is 25.3. The predicted molar refractivity (Wildman–Crippen MR) is 145 cm³/mol. The Bertz CT molecular complexity index is 1110. The zero-order valence-electron chi connectivity index (χ0n) is 22.4. The van der Waals surface area contributed by atoms with Crippen molar-refractivity contribution in [3.8, 4) is 11.5 Å². The van der Waals surface area contributed by atoms with Crippen molar-refractivity contribution in [3.63, 3.8) is 0 Å². The van der Waals surface area contributed by atoms with Gasteiger partial charge in [-0.15, -0.1) is 0 Å². The predicted octanol–water partition coefficient (Wildman–Crippen LogP) is 7.08. The van der Waals surface area contributed by atoms with Crippen LogP contribution in [0.2, 0.25) is 0 Å². The van der Waals surface area contributed by atoms with E-state index in [0.717, 1.165) is 37.6 Å². The highest BCUT2D eigenvalue weighted by Crippen LogP contribution is 2.44. The molecule has 2 aromatic carbocycles. The van der Waals surface area contributed by atoms with E-state index in [1.54, 1.807) is 0 Å². The Hall–Kier alpha value is -2.56. The van der Waals surface area contributed by atoms with Crippen molar-refractivity contribution in [2.75, 3.05) is 26.4 Å². The molecule has 0 spiro atoms. The normalized spacial score (nSPS) is 23.2. The summed E-state index contributed by atoms with van der Waals surface area (Å²) in [4.78, 5) is 0. The zero-order valence-corrected chi connectivity index (χ0v) is 22.4. The average Bonchev–Trinajstić information content (AvgIpc) is 3.75. The largest absolute Gasteiger partial charge is 0.491 e. The van der Waals surface area contributed by atoms with E-state index >= 15 is 0 Å². The molecule has 4 nitrogen and oxygen atoms in total. The average molecular weight is 489 g/mol. The lowest BCUT2D eigenvalue weighted by Crippen LogP contribution is -2.26. The third kappa shape index (κ3) is 6.41. The van der Waals surface area contributed by atoms with Gasteiger partial charge in [0.2, 0.25) is 0 Å². The van der Waals surface area contributed by atoms with Crippen LogP contribution in [0.15, 0.2) is 60.7 Å². The SMILES string of the molecule is CC(C)(C)CC(C)(C)c1cccc(C2=CCC(c3ccc(OCC4CO4)cc3)C=C2)c1OCC1CO1. The molecule has 0 saturated carbocycles. The Morgan fingerprint density at radius 3 is 2.11 bits per heavy atom. The van der Waals surface area contributed by atoms with Crippen LogP contribution in [-0.2, 0) is 14.9 Å². The number of rotatable bonds is 10. The second kappa shape index (κ2) is 10.1. The summed E-state index contributed by atoms with van der Waals surface area (Å²) in [7, 11) is 0. The molecule has 0 bridgehead atoms. The molecule has 0 radical (unpaired) electrons. The third-order valence-electron chi connectivity index (χ3n) is 7.09. The molecule has 2 heterocycles. The lowest BCUT2D eigenvalue weighted by atomic mass is 9.71. The van der Waals surface area contributed by atoms with Crippen molar-refractivity contribution >= 4 is 5.57 Å². The van der Waals surface area contributed by atoms with Crippen molar-refractivity contribution in [2.45, 2.75) is 71.0 Å². The van der Waals surface area contributed by atoms with E-state index in [4.69, 9.17) is 18.9 Å². The highest BCUT2D eigenvalue weighted by atomic mass is 16.6. The summed E-state index contributed by atoms with van der Waals surface area (Å²) in [6.45, 7) is 14.5. The number of ether oxygens (including phenoxy) is 4. The highest BCUT2D eigenvalue weighted by Gasteiger charge is 2.32.